The van der Waals surface area contributed by atoms with Crippen LogP contribution in [0, 0.1) is 6.92 Å². The first kappa shape index (κ1) is 18.3. The fraction of sp³-hybridized carbons (Fsp3) is 0.238. The maximum absolute atomic E-state index is 11.9. The highest BCUT2D eigenvalue weighted by atomic mass is 32.2. The van der Waals surface area contributed by atoms with Crippen molar-refractivity contribution in [2.75, 3.05) is 12.3 Å². The van der Waals surface area contributed by atoms with Gasteiger partial charge < -0.3 is 5.32 Å². The minimum absolute atomic E-state index is 0.0737. The third-order valence-corrected chi connectivity index (χ3v) is 4.99. The molecule has 0 radical (unpaired) electrons. The highest BCUT2D eigenvalue weighted by molar-refractivity contribution is 7.99. The zero-order valence-corrected chi connectivity index (χ0v) is 15.7. The Labute approximate surface area is 158 Å². The van der Waals surface area contributed by atoms with Crippen molar-refractivity contribution in [3.63, 3.8) is 0 Å². The molecule has 3 rings (SSSR count). The van der Waals surface area contributed by atoms with Crippen LogP contribution in [-0.4, -0.2) is 28.0 Å². The summed E-state index contributed by atoms with van der Waals surface area (Å²) < 4.78 is 1.86. The molecule has 26 heavy (non-hydrogen) atoms. The number of carbonyl (C=O) groups excluding carboxylic acids is 1. The van der Waals surface area contributed by atoms with Crippen LogP contribution in [0.3, 0.4) is 0 Å². The third kappa shape index (κ3) is 5.49. The van der Waals surface area contributed by atoms with Gasteiger partial charge >= 0.3 is 0 Å². The molecule has 0 fully saturated rings. The Kier molecular flexibility index (Phi) is 6.50. The third-order valence-electron chi connectivity index (χ3n) is 3.99. The maximum atomic E-state index is 11.9. The van der Waals surface area contributed by atoms with Gasteiger partial charge in [-0.15, -0.1) is 11.8 Å². The number of nitrogens with zero attached hydrogens (tertiary/aromatic N) is 2. The van der Waals surface area contributed by atoms with E-state index in [-0.39, 0.29) is 5.91 Å². The molecule has 134 valence electrons. The molecule has 1 amide bonds. The van der Waals surface area contributed by atoms with E-state index in [4.69, 9.17) is 0 Å². The number of nitrogens with one attached hydrogen (secondary N) is 1. The second-order valence-electron chi connectivity index (χ2n) is 6.17. The van der Waals surface area contributed by atoms with E-state index < -0.39 is 0 Å². The number of carbonyl (C=O) groups is 1. The number of aryl methyl sites for hydroxylation is 1. The largest absolute Gasteiger partial charge is 0.355 e. The average molecular weight is 366 g/mol. The van der Waals surface area contributed by atoms with Crippen molar-refractivity contribution in [2.45, 2.75) is 19.1 Å². The smallest absolute Gasteiger partial charge is 0.230 e. The molecule has 0 aliphatic carbocycles. The van der Waals surface area contributed by atoms with Gasteiger partial charge in [0.25, 0.3) is 0 Å². The monoisotopic (exact) mass is 365 g/mol. The lowest BCUT2D eigenvalue weighted by molar-refractivity contribution is -0.118. The second-order valence-corrected chi connectivity index (χ2v) is 7.15. The van der Waals surface area contributed by atoms with Crippen molar-refractivity contribution < 1.29 is 4.79 Å². The molecule has 2 aromatic carbocycles. The standard InChI is InChI=1S/C21H23N3OS/c1-17-7-9-18(10-8-17)15-26-16-21(25)22-13-11-19-12-14-24(23-19)20-5-3-2-4-6-20/h2-10,12,14H,11,13,15-16H2,1H3,(H,22,25). The summed E-state index contributed by atoms with van der Waals surface area (Å²) >= 11 is 1.64. The highest BCUT2D eigenvalue weighted by Gasteiger charge is 2.04. The van der Waals surface area contributed by atoms with Gasteiger partial charge in [0.2, 0.25) is 5.91 Å². The first-order valence-corrected chi connectivity index (χ1v) is 9.86. The number of aromatic nitrogens is 2. The van der Waals surface area contributed by atoms with E-state index in [0.717, 1.165) is 23.6 Å². The van der Waals surface area contributed by atoms with E-state index in [9.17, 15) is 4.79 Å². The lowest BCUT2D eigenvalue weighted by atomic mass is 10.2. The van der Waals surface area contributed by atoms with E-state index in [0.29, 0.717) is 12.3 Å². The number of para-hydroxylation sites is 1. The van der Waals surface area contributed by atoms with Crippen LogP contribution in [0.5, 0.6) is 0 Å². The van der Waals surface area contributed by atoms with Crippen molar-refractivity contribution in [3.05, 3.63) is 83.7 Å². The van der Waals surface area contributed by atoms with E-state index in [1.807, 2.05) is 47.3 Å². The Morgan fingerprint density at radius 3 is 2.62 bits per heavy atom. The predicted molar refractivity (Wildman–Crippen MR) is 108 cm³/mol. The molecule has 0 spiro atoms. The van der Waals surface area contributed by atoms with Gasteiger partial charge in [-0.1, -0.05) is 48.0 Å². The normalized spacial score (nSPS) is 10.7. The summed E-state index contributed by atoms with van der Waals surface area (Å²) in [6, 6.07) is 20.4. The summed E-state index contributed by atoms with van der Waals surface area (Å²) in [5.41, 5.74) is 4.52. The van der Waals surface area contributed by atoms with Crippen molar-refractivity contribution in [1.29, 1.82) is 0 Å². The van der Waals surface area contributed by atoms with Crippen molar-refractivity contribution in [3.8, 4) is 5.69 Å². The van der Waals surface area contributed by atoms with Gasteiger partial charge in [-0.05, 0) is 30.7 Å². The first-order chi connectivity index (χ1) is 12.7. The molecular weight excluding hydrogens is 342 g/mol. The van der Waals surface area contributed by atoms with Crippen molar-refractivity contribution in [2.24, 2.45) is 0 Å². The quantitative estimate of drug-likeness (QED) is 0.661. The van der Waals surface area contributed by atoms with E-state index in [2.05, 4.69) is 41.6 Å². The summed E-state index contributed by atoms with van der Waals surface area (Å²) in [5, 5.41) is 7.51. The lowest BCUT2D eigenvalue weighted by Crippen LogP contribution is -2.27. The molecule has 0 aliphatic rings. The summed E-state index contributed by atoms with van der Waals surface area (Å²) in [6.07, 6.45) is 2.68. The molecular formula is C21H23N3OS. The average Bonchev–Trinajstić information content (AvgIpc) is 3.13. The van der Waals surface area contributed by atoms with Crippen LogP contribution in [0.15, 0.2) is 66.9 Å². The van der Waals surface area contributed by atoms with Gasteiger partial charge in [0, 0.05) is 24.9 Å². The summed E-state index contributed by atoms with van der Waals surface area (Å²) in [5.74, 6) is 1.41. The Balaban J connectivity index is 1.36. The first-order valence-electron chi connectivity index (χ1n) is 8.71. The van der Waals surface area contributed by atoms with E-state index in [1.165, 1.54) is 11.1 Å². The van der Waals surface area contributed by atoms with Gasteiger partial charge in [-0.3, -0.25) is 4.79 Å². The molecule has 1 aromatic heterocycles. The molecule has 0 saturated carbocycles. The Bertz CT molecular complexity index is 828. The van der Waals surface area contributed by atoms with Crippen LogP contribution >= 0.6 is 11.8 Å². The van der Waals surface area contributed by atoms with Crippen LogP contribution in [0.25, 0.3) is 5.69 Å². The fourth-order valence-corrected chi connectivity index (χ4v) is 3.36. The van der Waals surface area contributed by atoms with Gasteiger partial charge in [0.15, 0.2) is 0 Å². The second kappa shape index (κ2) is 9.25. The molecule has 1 N–H and O–H groups in total. The molecule has 4 nitrogen and oxygen atoms in total. The fourth-order valence-electron chi connectivity index (χ4n) is 2.55. The summed E-state index contributed by atoms with van der Waals surface area (Å²) in [7, 11) is 0. The Morgan fingerprint density at radius 2 is 1.85 bits per heavy atom. The molecule has 0 unspecified atom stereocenters. The van der Waals surface area contributed by atoms with Gasteiger partial charge in [-0.25, -0.2) is 4.68 Å². The number of benzene rings is 2. The maximum Gasteiger partial charge on any atom is 0.230 e. The van der Waals surface area contributed by atoms with Crippen LogP contribution in [0.2, 0.25) is 0 Å². The molecule has 1 heterocycles. The topological polar surface area (TPSA) is 46.9 Å². The zero-order valence-electron chi connectivity index (χ0n) is 14.9. The summed E-state index contributed by atoms with van der Waals surface area (Å²) in [4.78, 5) is 11.9. The molecule has 0 saturated heterocycles. The molecule has 0 bridgehead atoms. The van der Waals surface area contributed by atoms with Crippen LogP contribution < -0.4 is 5.32 Å². The number of rotatable bonds is 8. The van der Waals surface area contributed by atoms with E-state index in [1.54, 1.807) is 11.8 Å². The van der Waals surface area contributed by atoms with Crippen LogP contribution in [-0.2, 0) is 17.0 Å². The summed E-state index contributed by atoms with van der Waals surface area (Å²) in [6.45, 7) is 2.68. The van der Waals surface area contributed by atoms with Crippen molar-refractivity contribution in [1.82, 2.24) is 15.1 Å². The SMILES string of the molecule is Cc1ccc(CSCC(=O)NCCc2ccn(-c3ccccc3)n2)cc1. The van der Waals surface area contributed by atoms with E-state index >= 15 is 0 Å². The van der Waals surface area contributed by atoms with Crippen LogP contribution in [0.4, 0.5) is 0 Å². The number of hydrogen-bond acceptors (Lipinski definition) is 3. The predicted octanol–water partition coefficient (Wildman–Crippen LogP) is 3.77. The number of hydrogen-bond donors (Lipinski definition) is 1. The van der Waals surface area contributed by atoms with Gasteiger partial charge in [0.1, 0.15) is 0 Å². The Hall–Kier alpha value is -2.53. The zero-order chi connectivity index (χ0) is 18.2. The minimum atomic E-state index is 0.0737. The minimum Gasteiger partial charge on any atom is -0.355 e. The van der Waals surface area contributed by atoms with Crippen molar-refractivity contribution >= 4 is 17.7 Å². The van der Waals surface area contributed by atoms with Gasteiger partial charge in [-0.2, -0.15) is 5.10 Å². The molecule has 3 aromatic rings. The van der Waals surface area contributed by atoms with Gasteiger partial charge in [0.05, 0.1) is 17.1 Å². The molecule has 0 atom stereocenters. The number of amides is 1. The highest BCUT2D eigenvalue weighted by Crippen LogP contribution is 2.12. The lowest BCUT2D eigenvalue weighted by Gasteiger charge is -2.05. The van der Waals surface area contributed by atoms with Crippen LogP contribution in [0.1, 0.15) is 16.8 Å². The number of thioether (sulfide) groups is 1. The molecule has 5 heteroatoms. The Morgan fingerprint density at radius 1 is 1.08 bits per heavy atom. The molecule has 0 aliphatic heterocycles.